The maximum Gasteiger partial charge on any atom is 0.123 e. The maximum absolute atomic E-state index is 6.17. The highest BCUT2D eigenvalue weighted by molar-refractivity contribution is 6.30. The number of nitrogens with one attached hydrogen (secondary N) is 1. The summed E-state index contributed by atoms with van der Waals surface area (Å²) in [4.78, 5) is 0. The van der Waals surface area contributed by atoms with Gasteiger partial charge in [0.25, 0.3) is 0 Å². The molecule has 1 aliphatic carbocycles. The molecular formula is C15H22ClNO. The van der Waals surface area contributed by atoms with Gasteiger partial charge in [-0.15, -0.1) is 0 Å². The van der Waals surface area contributed by atoms with Gasteiger partial charge in [-0.1, -0.05) is 11.6 Å². The Kier molecular flexibility index (Phi) is 3.61. The molecule has 0 bridgehead atoms. The maximum atomic E-state index is 6.17. The predicted octanol–water partition coefficient (Wildman–Crippen LogP) is 3.95. The summed E-state index contributed by atoms with van der Waals surface area (Å²) in [5, 5.41) is 4.29. The van der Waals surface area contributed by atoms with E-state index in [2.05, 4.69) is 26.1 Å². The molecule has 1 aliphatic rings. The molecule has 2 nitrogen and oxygen atoms in total. The monoisotopic (exact) mass is 267 g/mol. The minimum Gasteiger partial charge on any atom is -0.486 e. The molecule has 1 N–H and O–H groups in total. The highest BCUT2D eigenvalue weighted by atomic mass is 35.5. The zero-order valence-electron chi connectivity index (χ0n) is 11.6. The van der Waals surface area contributed by atoms with E-state index in [4.69, 9.17) is 16.3 Å². The van der Waals surface area contributed by atoms with Crippen LogP contribution < -0.4 is 10.1 Å². The van der Waals surface area contributed by atoms with Crippen LogP contribution in [0.4, 0.5) is 0 Å². The summed E-state index contributed by atoms with van der Waals surface area (Å²) in [5.41, 5.74) is 1.23. The molecule has 2 rings (SSSR count). The van der Waals surface area contributed by atoms with E-state index in [1.54, 1.807) is 0 Å². The minimum atomic E-state index is -0.00807. The van der Waals surface area contributed by atoms with Crippen LogP contribution in [0.1, 0.15) is 39.2 Å². The molecular weight excluding hydrogens is 246 g/mol. The molecule has 0 aromatic heterocycles. The molecule has 0 radical (unpaired) electrons. The number of ether oxygens (including phenoxy) is 1. The largest absolute Gasteiger partial charge is 0.486 e. The van der Waals surface area contributed by atoms with Gasteiger partial charge in [0.05, 0.1) is 0 Å². The molecule has 3 heteroatoms. The Bertz CT molecular complexity index is 433. The van der Waals surface area contributed by atoms with Crippen LogP contribution in [0.15, 0.2) is 18.2 Å². The predicted molar refractivity (Wildman–Crippen MR) is 76.5 cm³/mol. The van der Waals surface area contributed by atoms with E-state index < -0.39 is 0 Å². The molecule has 18 heavy (non-hydrogen) atoms. The van der Waals surface area contributed by atoms with Crippen LogP contribution in [0, 0.1) is 6.92 Å². The van der Waals surface area contributed by atoms with Crippen LogP contribution in [0.25, 0.3) is 0 Å². The molecule has 0 unspecified atom stereocenters. The van der Waals surface area contributed by atoms with Gasteiger partial charge in [-0.2, -0.15) is 0 Å². The Morgan fingerprint density at radius 1 is 1.33 bits per heavy atom. The molecule has 0 spiro atoms. The lowest BCUT2D eigenvalue weighted by Crippen LogP contribution is -2.43. The summed E-state index contributed by atoms with van der Waals surface area (Å²) < 4.78 is 6.17. The van der Waals surface area contributed by atoms with Gasteiger partial charge in [-0.25, -0.2) is 0 Å². The van der Waals surface area contributed by atoms with Crippen molar-refractivity contribution in [3.05, 3.63) is 28.8 Å². The van der Waals surface area contributed by atoms with Crippen molar-refractivity contribution >= 4 is 11.6 Å². The van der Waals surface area contributed by atoms with Gasteiger partial charge in [0.15, 0.2) is 0 Å². The third kappa shape index (κ3) is 3.63. The van der Waals surface area contributed by atoms with Crippen molar-refractivity contribution in [3.8, 4) is 5.75 Å². The molecule has 0 heterocycles. The Labute approximate surface area is 115 Å². The molecule has 1 aromatic rings. The number of hydrogen-bond acceptors (Lipinski definition) is 2. The van der Waals surface area contributed by atoms with Gasteiger partial charge in [-0.05, 0) is 64.3 Å². The van der Waals surface area contributed by atoms with E-state index in [0.29, 0.717) is 0 Å². The average Bonchev–Trinajstić information content (AvgIpc) is 3.00. The Balaban J connectivity index is 2.00. The van der Waals surface area contributed by atoms with Crippen LogP contribution in [-0.2, 0) is 0 Å². The summed E-state index contributed by atoms with van der Waals surface area (Å²) in [6, 6.07) is 5.80. The number of halogens is 1. The van der Waals surface area contributed by atoms with E-state index >= 15 is 0 Å². The molecule has 0 amide bonds. The van der Waals surface area contributed by atoms with Crippen molar-refractivity contribution in [1.82, 2.24) is 5.32 Å². The van der Waals surface area contributed by atoms with Crippen molar-refractivity contribution in [3.63, 3.8) is 0 Å². The summed E-state index contributed by atoms with van der Waals surface area (Å²) in [6.45, 7) is 9.47. The second-order valence-electron chi connectivity index (χ2n) is 6.30. The van der Waals surface area contributed by atoms with Gasteiger partial charge >= 0.3 is 0 Å². The zero-order valence-corrected chi connectivity index (χ0v) is 12.4. The number of benzene rings is 1. The standard InChI is InChI=1S/C15H22ClNO/c1-11-9-12(16)5-6-13(11)18-15(7-8-15)10-17-14(2,3)4/h5-6,9,17H,7-8,10H2,1-4H3. The van der Waals surface area contributed by atoms with Gasteiger partial charge in [-0.3, -0.25) is 0 Å². The summed E-state index contributed by atoms with van der Waals surface area (Å²) >= 11 is 5.96. The number of rotatable bonds is 4. The fourth-order valence-electron chi connectivity index (χ4n) is 1.84. The molecule has 1 aromatic carbocycles. The highest BCUT2D eigenvalue weighted by Crippen LogP contribution is 2.41. The van der Waals surface area contributed by atoms with Crippen molar-refractivity contribution in [2.75, 3.05) is 6.54 Å². The lowest BCUT2D eigenvalue weighted by Gasteiger charge is -2.26. The highest BCUT2D eigenvalue weighted by Gasteiger charge is 2.46. The first kappa shape index (κ1) is 13.7. The van der Waals surface area contributed by atoms with Gasteiger partial charge in [0, 0.05) is 17.1 Å². The van der Waals surface area contributed by atoms with Crippen LogP contribution >= 0.6 is 11.6 Å². The van der Waals surface area contributed by atoms with E-state index in [1.807, 2.05) is 25.1 Å². The lowest BCUT2D eigenvalue weighted by molar-refractivity contribution is 0.163. The topological polar surface area (TPSA) is 21.3 Å². The second kappa shape index (κ2) is 4.75. The number of hydrogen-bond donors (Lipinski definition) is 1. The Morgan fingerprint density at radius 3 is 2.50 bits per heavy atom. The summed E-state index contributed by atoms with van der Waals surface area (Å²) in [7, 11) is 0. The fraction of sp³-hybridized carbons (Fsp3) is 0.600. The van der Waals surface area contributed by atoms with Crippen molar-refractivity contribution in [2.45, 2.75) is 51.7 Å². The van der Waals surface area contributed by atoms with Crippen LogP contribution in [0.5, 0.6) is 5.75 Å². The fourth-order valence-corrected chi connectivity index (χ4v) is 2.07. The molecule has 1 saturated carbocycles. The number of aryl methyl sites for hydroxylation is 1. The quantitative estimate of drug-likeness (QED) is 0.892. The third-order valence-corrected chi connectivity index (χ3v) is 3.45. The van der Waals surface area contributed by atoms with Gasteiger partial charge in [0.1, 0.15) is 11.4 Å². The first-order valence-electron chi connectivity index (χ1n) is 6.50. The van der Waals surface area contributed by atoms with E-state index in [1.165, 1.54) is 0 Å². The normalized spacial score (nSPS) is 17.6. The first-order valence-corrected chi connectivity index (χ1v) is 6.88. The average molecular weight is 268 g/mol. The molecule has 0 atom stereocenters. The first-order chi connectivity index (χ1) is 8.30. The van der Waals surface area contributed by atoms with Crippen molar-refractivity contribution in [1.29, 1.82) is 0 Å². The van der Waals surface area contributed by atoms with E-state index in [-0.39, 0.29) is 11.1 Å². The molecule has 100 valence electrons. The van der Waals surface area contributed by atoms with Crippen LogP contribution in [-0.4, -0.2) is 17.7 Å². The summed E-state index contributed by atoms with van der Waals surface area (Å²) in [6.07, 6.45) is 2.25. The zero-order chi connectivity index (χ0) is 13.4. The van der Waals surface area contributed by atoms with Crippen LogP contribution in [0.3, 0.4) is 0 Å². The Hall–Kier alpha value is -0.730. The molecule has 1 fully saturated rings. The second-order valence-corrected chi connectivity index (χ2v) is 6.73. The third-order valence-electron chi connectivity index (χ3n) is 3.21. The van der Waals surface area contributed by atoms with E-state index in [9.17, 15) is 0 Å². The minimum absolute atomic E-state index is 0.00807. The Morgan fingerprint density at radius 2 is 2.00 bits per heavy atom. The van der Waals surface area contributed by atoms with Crippen molar-refractivity contribution < 1.29 is 4.74 Å². The van der Waals surface area contributed by atoms with Crippen molar-refractivity contribution in [2.24, 2.45) is 0 Å². The van der Waals surface area contributed by atoms with Gasteiger partial charge < -0.3 is 10.1 Å². The van der Waals surface area contributed by atoms with E-state index in [0.717, 1.165) is 35.7 Å². The molecule has 0 saturated heterocycles. The lowest BCUT2D eigenvalue weighted by atomic mass is 10.1. The SMILES string of the molecule is Cc1cc(Cl)ccc1OC1(CNC(C)(C)C)CC1. The summed E-state index contributed by atoms with van der Waals surface area (Å²) in [5.74, 6) is 0.951. The smallest absolute Gasteiger partial charge is 0.123 e. The molecule has 0 aliphatic heterocycles. The van der Waals surface area contributed by atoms with Gasteiger partial charge in [0.2, 0.25) is 0 Å². The van der Waals surface area contributed by atoms with Crippen LogP contribution in [0.2, 0.25) is 5.02 Å².